The third kappa shape index (κ3) is 6.83. The van der Waals surface area contributed by atoms with Crippen molar-refractivity contribution in [3.8, 4) is 0 Å². The number of ether oxygens (including phenoxy) is 2. The highest BCUT2D eigenvalue weighted by atomic mass is 16.5. The maximum atomic E-state index is 11.4. The fourth-order valence-electron chi connectivity index (χ4n) is 1.72. The van der Waals surface area contributed by atoms with Crippen molar-refractivity contribution in [3.63, 3.8) is 0 Å². The summed E-state index contributed by atoms with van der Waals surface area (Å²) in [6.07, 6.45) is 9.94. The van der Waals surface area contributed by atoms with E-state index in [-0.39, 0.29) is 13.2 Å². The lowest BCUT2D eigenvalue weighted by Gasteiger charge is -2.03. The summed E-state index contributed by atoms with van der Waals surface area (Å²) < 4.78 is 20.1. The molecule has 0 spiro atoms. The summed E-state index contributed by atoms with van der Waals surface area (Å²) in [6.45, 7) is 0.530. The van der Waals surface area contributed by atoms with Gasteiger partial charge in [-0.05, 0) is 49.3 Å². The van der Waals surface area contributed by atoms with Gasteiger partial charge in [-0.25, -0.2) is 9.59 Å². The molecule has 0 radical (unpaired) electrons. The molecule has 0 atom stereocenters. The van der Waals surface area contributed by atoms with Crippen molar-refractivity contribution in [3.05, 3.63) is 60.5 Å². The summed E-state index contributed by atoms with van der Waals surface area (Å²) in [5.74, 6) is 0.289. The van der Waals surface area contributed by atoms with Gasteiger partial charge in [0.25, 0.3) is 0 Å². The van der Waals surface area contributed by atoms with Gasteiger partial charge in [-0.15, -0.1) is 0 Å². The molecule has 0 saturated carbocycles. The van der Waals surface area contributed by atoms with Gasteiger partial charge in [-0.3, -0.25) is 0 Å². The van der Waals surface area contributed by atoms with Crippen LogP contribution in [-0.2, 0) is 19.1 Å². The molecule has 0 bridgehead atoms. The third-order valence-electron chi connectivity index (χ3n) is 2.88. The van der Waals surface area contributed by atoms with Crippen LogP contribution in [0.15, 0.2) is 57.8 Å². The highest BCUT2D eigenvalue weighted by Gasteiger charge is 2.00. The number of esters is 2. The first-order valence-corrected chi connectivity index (χ1v) is 7.51. The SMILES string of the molecule is O=C(/C=C/c1ccco1)OCCCCOC(=O)/C=C/c1ccco1. The Balaban J connectivity index is 1.50. The van der Waals surface area contributed by atoms with Crippen LogP contribution in [0, 0.1) is 0 Å². The number of hydrogen-bond acceptors (Lipinski definition) is 6. The summed E-state index contributed by atoms with van der Waals surface area (Å²) in [5.41, 5.74) is 0. The molecule has 0 saturated heterocycles. The highest BCUT2D eigenvalue weighted by molar-refractivity contribution is 5.87. The van der Waals surface area contributed by atoms with Crippen molar-refractivity contribution in [1.82, 2.24) is 0 Å². The number of hydrogen-bond donors (Lipinski definition) is 0. The van der Waals surface area contributed by atoms with Crippen molar-refractivity contribution in [2.45, 2.75) is 12.8 Å². The number of carbonyl (C=O) groups excluding carboxylic acids is 2. The van der Waals surface area contributed by atoms with Crippen LogP contribution in [0.1, 0.15) is 24.4 Å². The van der Waals surface area contributed by atoms with Crippen LogP contribution in [0.5, 0.6) is 0 Å². The van der Waals surface area contributed by atoms with Crippen LogP contribution in [0.2, 0.25) is 0 Å². The molecule has 24 heavy (non-hydrogen) atoms. The molecule has 126 valence electrons. The predicted octanol–water partition coefficient (Wildman–Crippen LogP) is 3.47. The van der Waals surface area contributed by atoms with Crippen molar-refractivity contribution < 1.29 is 27.9 Å². The Hall–Kier alpha value is -3.02. The standard InChI is InChI=1S/C18H18O6/c19-17(9-7-15-5-3-13-21-15)23-11-1-2-12-24-18(20)10-8-16-6-4-14-22-16/h3-10,13-14H,1-2,11-12H2/b9-7+,10-8+. The lowest BCUT2D eigenvalue weighted by molar-refractivity contribution is -0.140. The topological polar surface area (TPSA) is 78.9 Å². The van der Waals surface area contributed by atoms with E-state index in [1.165, 1.54) is 36.8 Å². The Morgan fingerprint density at radius 1 is 0.833 bits per heavy atom. The second kappa shape index (κ2) is 9.89. The lowest BCUT2D eigenvalue weighted by atomic mass is 10.3. The van der Waals surface area contributed by atoms with E-state index in [1.54, 1.807) is 24.3 Å². The van der Waals surface area contributed by atoms with Gasteiger partial charge in [0.1, 0.15) is 11.5 Å². The van der Waals surface area contributed by atoms with Crippen LogP contribution in [0.3, 0.4) is 0 Å². The van der Waals surface area contributed by atoms with Gasteiger partial charge in [-0.2, -0.15) is 0 Å². The number of unbranched alkanes of at least 4 members (excludes halogenated alkanes) is 1. The molecule has 0 amide bonds. The second-order valence-electron chi connectivity index (χ2n) is 4.74. The number of rotatable bonds is 9. The molecule has 2 rings (SSSR count). The first kappa shape index (κ1) is 17.3. The average molecular weight is 330 g/mol. The van der Waals surface area contributed by atoms with Gasteiger partial charge in [0.2, 0.25) is 0 Å². The minimum atomic E-state index is -0.440. The van der Waals surface area contributed by atoms with Gasteiger partial charge in [0.05, 0.1) is 25.7 Å². The van der Waals surface area contributed by atoms with Gasteiger partial charge in [-0.1, -0.05) is 0 Å². The van der Waals surface area contributed by atoms with Crippen LogP contribution < -0.4 is 0 Å². The zero-order valence-corrected chi connectivity index (χ0v) is 13.1. The van der Waals surface area contributed by atoms with Crippen LogP contribution in [-0.4, -0.2) is 25.2 Å². The minimum absolute atomic E-state index is 0.265. The average Bonchev–Trinajstić information content (AvgIpc) is 3.27. The lowest BCUT2D eigenvalue weighted by Crippen LogP contribution is -2.06. The Morgan fingerprint density at radius 3 is 1.67 bits per heavy atom. The Kier molecular flexibility index (Phi) is 7.14. The summed E-state index contributed by atoms with van der Waals surface area (Å²) in [5, 5.41) is 0. The van der Waals surface area contributed by atoms with E-state index in [1.807, 2.05) is 0 Å². The van der Waals surface area contributed by atoms with Gasteiger partial charge >= 0.3 is 11.9 Å². The highest BCUT2D eigenvalue weighted by Crippen LogP contribution is 2.04. The molecule has 0 aliphatic heterocycles. The quantitative estimate of drug-likeness (QED) is 0.398. The predicted molar refractivity (Wildman–Crippen MR) is 86.6 cm³/mol. The molecule has 0 aliphatic rings. The monoisotopic (exact) mass is 330 g/mol. The summed E-state index contributed by atoms with van der Waals surface area (Å²) in [7, 11) is 0. The molecular formula is C18H18O6. The van der Waals surface area contributed by atoms with E-state index in [9.17, 15) is 9.59 Å². The maximum Gasteiger partial charge on any atom is 0.330 e. The molecule has 2 aromatic rings. The Labute approximate surface area is 139 Å². The van der Waals surface area contributed by atoms with E-state index in [0.717, 1.165) is 0 Å². The zero-order valence-electron chi connectivity index (χ0n) is 13.1. The summed E-state index contributed by atoms with van der Waals surface area (Å²) in [4.78, 5) is 22.8. The third-order valence-corrected chi connectivity index (χ3v) is 2.88. The van der Waals surface area contributed by atoms with Gasteiger partial charge < -0.3 is 18.3 Å². The molecule has 0 aromatic carbocycles. The van der Waals surface area contributed by atoms with E-state index >= 15 is 0 Å². The molecule has 0 fully saturated rings. The van der Waals surface area contributed by atoms with E-state index in [2.05, 4.69) is 0 Å². The summed E-state index contributed by atoms with van der Waals surface area (Å²) in [6, 6.07) is 6.93. The van der Waals surface area contributed by atoms with Crippen LogP contribution in [0.4, 0.5) is 0 Å². The molecule has 2 heterocycles. The van der Waals surface area contributed by atoms with Crippen molar-refractivity contribution in [1.29, 1.82) is 0 Å². The molecule has 6 heteroatoms. The second-order valence-corrected chi connectivity index (χ2v) is 4.74. The van der Waals surface area contributed by atoms with Gasteiger partial charge in [0.15, 0.2) is 0 Å². The van der Waals surface area contributed by atoms with Gasteiger partial charge in [0, 0.05) is 12.2 Å². The van der Waals surface area contributed by atoms with E-state index in [4.69, 9.17) is 18.3 Å². The Morgan fingerprint density at radius 2 is 1.29 bits per heavy atom. The van der Waals surface area contributed by atoms with Crippen molar-refractivity contribution in [2.75, 3.05) is 13.2 Å². The summed E-state index contributed by atoms with van der Waals surface area (Å²) >= 11 is 0. The fourth-order valence-corrected chi connectivity index (χ4v) is 1.72. The first-order chi connectivity index (χ1) is 11.7. The fraction of sp³-hybridized carbons (Fsp3) is 0.222. The van der Waals surface area contributed by atoms with Crippen LogP contribution in [0.25, 0.3) is 12.2 Å². The normalized spacial score (nSPS) is 11.2. The van der Waals surface area contributed by atoms with E-state index < -0.39 is 11.9 Å². The largest absolute Gasteiger partial charge is 0.465 e. The molecule has 6 nitrogen and oxygen atoms in total. The number of furan rings is 2. The molecule has 0 unspecified atom stereocenters. The molecule has 0 aliphatic carbocycles. The van der Waals surface area contributed by atoms with E-state index in [0.29, 0.717) is 24.4 Å². The molecular weight excluding hydrogens is 312 g/mol. The Bertz CT molecular complexity index is 604. The molecule has 2 aromatic heterocycles. The first-order valence-electron chi connectivity index (χ1n) is 7.51. The maximum absolute atomic E-state index is 11.4. The number of carbonyl (C=O) groups is 2. The van der Waals surface area contributed by atoms with Crippen molar-refractivity contribution >= 4 is 24.1 Å². The smallest absolute Gasteiger partial charge is 0.330 e. The molecule has 0 N–H and O–H groups in total. The minimum Gasteiger partial charge on any atom is -0.465 e. The van der Waals surface area contributed by atoms with Crippen LogP contribution >= 0.6 is 0 Å². The zero-order chi connectivity index (χ0) is 17.0. The van der Waals surface area contributed by atoms with Crippen molar-refractivity contribution in [2.24, 2.45) is 0 Å².